The van der Waals surface area contributed by atoms with Gasteiger partial charge in [-0.3, -0.25) is 19.3 Å². The Morgan fingerprint density at radius 2 is 1.46 bits per heavy atom. The van der Waals surface area contributed by atoms with E-state index in [4.69, 9.17) is 4.74 Å². The number of ether oxygens (including phenoxy) is 1. The second kappa shape index (κ2) is 11.4. The van der Waals surface area contributed by atoms with Crippen LogP contribution >= 0.6 is 0 Å². The highest BCUT2D eigenvalue weighted by Gasteiger charge is 2.41. The lowest BCUT2D eigenvalue weighted by Gasteiger charge is -2.42. The Labute approximate surface area is 240 Å². The first-order valence-corrected chi connectivity index (χ1v) is 14.0. The number of carbonyl (C=O) groups is 3. The Kier molecular flexibility index (Phi) is 7.38. The number of carbonyl (C=O) groups excluding carboxylic acids is 3. The number of benzene rings is 4. The average molecular weight is 545 g/mol. The molecular formula is C35H32N2O4. The molecule has 2 atom stereocenters. The molecule has 2 aliphatic rings. The van der Waals surface area contributed by atoms with E-state index in [-0.39, 0.29) is 24.4 Å². The topological polar surface area (TPSA) is 66.9 Å². The maximum atomic E-state index is 14.3. The van der Waals surface area contributed by atoms with E-state index in [0.29, 0.717) is 17.7 Å². The van der Waals surface area contributed by atoms with Gasteiger partial charge in [0.2, 0.25) is 5.91 Å². The van der Waals surface area contributed by atoms with Crippen molar-refractivity contribution in [1.82, 2.24) is 9.80 Å². The van der Waals surface area contributed by atoms with E-state index in [1.165, 1.54) is 5.56 Å². The van der Waals surface area contributed by atoms with Crippen LogP contribution < -0.4 is 4.74 Å². The Bertz CT molecular complexity index is 1560. The van der Waals surface area contributed by atoms with Gasteiger partial charge in [0.05, 0.1) is 24.3 Å². The van der Waals surface area contributed by atoms with Crippen molar-refractivity contribution in [3.8, 4) is 5.75 Å². The first-order chi connectivity index (χ1) is 20.0. The van der Waals surface area contributed by atoms with Gasteiger partial charge in [0, 0.05) is 6.54 Å². The van der Waals surface area contributed by atoms with E-state index < -0.39 is 11.8 Å². The first kappa shape index (κ1) is 26.5. The van der Waals surface area contributed by atoms with E-state index in [9.17, 15) is 14.4 Å². The molecule has 0 fully saturated rings. The fourth-order valence-electron chi connectivity index (χ4n) is 6.32. The lowest BCUT2D eigenvalue weighted by molar-refractivity contribution is -0.136. The molecule has 1 heterocycles. The van der Waals surface area contributed by atoms with Crippen LogP contribution in [0.3, 0.4) is 0 Å². The number of rotatable bonds is 8. The predicted molar refractivity (Wildman–Crippen MR) is 156 cm³/mol. The van der Waals surface area contributed by atoms with Gasteiger partial charge in [-0.2, -0.15) is 0 Å². The van der Waals surface area contributed by atoms with E-state index in [2.05, 4.69) is 18.2 Å². The highest BCUT2D eigenvalue weighted by atomic mass is 16.5. The summed E-state index contributed by atoms with van der Waals surface area (Å²) in [7, 11) is 1.68. The van der Waals surface area contributed by atoms with Gasteiger partial charge in [0.15, 0.2) is 0 Å². The molecule has 0 N–H and O–H groups in total. The number of fused-ring (bicyclic) bond motifs is 2. The molecule has 0 aromatic heterocycles. The molecule has 0 saturated carbocycles. The van der Waals surface area contributed by atoms with Crippen LogP contribution in [-0.2, 0) is 24.2 Å². The number of imide groups is 1. The van der Waals surface area contributed by atoms with E-state index in [1.807, 2.05) is 65.6 Å². The van der Waals surface area contributed by atoms with Crippen LogP contribution in [-0.4, -0.2) is 41.2 Å². The molecule has 0 bridgehead atoms. The minimum atomic E-state index is -0.423. The number of nitrogens with zero attached hydrogens (tertiary/aromatic N) is 2. The van der Waals surface area contributed by atoms with Crippen LogP contribution in [0.4, 0.5) is 0 Å². The van der Waals surface area contributed by atoms with Crippen LogP contribution in [0.5, 0.6) is 5.75 Å². The maximum absolute atomic E-state index is 14.3. The normalized spacial score (nSPS) is 17.6. The molecule has 1 aliphatic carbocycles. The minimum Gasteiger partial charge on any atom is -0.496 e. The summed E-state index contributed by atoms with van der Waals surface area (Å²) in [5.41, 5.74) is 5.11. The summed E-state index contributed by atoms with van der Waals surface area (Å²) in [6.07, 6.45) is 2.54. The molecule has 206 valence electrons. The van der Waals surface area contributed by atoms with Crippen molar-refractivity contribution in [3.63, 3.8) is 0 Å². The smallest absolute Gasteiger partial charge is 0.262 e. The quantitative estimate of drug-likeness (QED) is 0.261. The minimum absolute atomic E-state index is 0.107. The molecule has 41 heavy (non-hydrogen) atoms. The molecule has 0 spiro atoms. The third-order valence-corrected chi connectivity index (χ3v) is 8.30. The SMILES string of the molecule is COc1ccccc1CC1CCc2ccccc2C1N(Cc1ccccc1)C(=O)CN1C(=O)c2ccccc2C1=O. The Hall–Kier alpha value is -4.71. The Balaban J connectivity index is 1.39. The number of hydrogen-bond acceptors (Lipinski definition) is 4. The highest BCUT2D eigenvalue weighted by molar-refractivity contribution is 6.22. The molecule has 0 saturated heterocycles. The van der Waals surface area contributed by atoms with Crippen molar-refractivity contribution >= 4 is 17.7 Å². The van der Waals surface area contributed by atoms with Crippen molar-refractivity contribution in [3.05, 3.63) is 137 Å². The molecule has 1 aliphatic heterocycles. The second-order valence-electron chi connectivity index (χ2n) is 10.7. The van der Waals surface area contributed by atoms with Crippen molar-refractivity contribution in [2.75, 3.05) is 13.7 Å². The summed E-state index contributed by atoms with van der Waals surface area (Å²) < 4.78 is 5.68. The summed E-state index contributed by atoms with van der Waals surface area (Å²) >= 11 is 0. The van der Waals surface area contributed by atoms with Gasteiger partial charge in [-0.1, -0.05) is 84.9 Å². The number of amides is 3. The van der Waals surface area contributed by atoms with Gasteiger partial charge in [0.25, 0.3) is 11.8 Å². The van der Waals surface area contributed by atoms with Crippen LogP contribution in [0.15, 0.2) is 103 Å². The molecule has 3 amide bonds. The zero-order valence-corrected chi connectivity index (χ0v) is 23.0. The third kappa shape index (κ3) is 5.13. The van der Waals surface area contributed by atoms with Crippen molar-refractivity contribution in [2.45, 2.75) is 31.8 Å². The molecule has 6 rings (SSSR count). The number of methoxy groups -OCH3 is 1. The van der Waals surface area contributed by atoms with Crippen LogP contribution in [0.2, 0.25) is 0 Å². The maximum Gasteiger partial charge on any atom is 0.262 e. The van der Waals surface area contributed by atoms with Gasteiger partial charge in [-0.25, -0.2) is 0 Å². The summed E-state index contributed by atoms with van der Waals surface area (Å²) in [4.78, 5) is 43.7. The molecule has 0 radical (unpaired) electrons. The molecule has 6 nitrogen and oxygen atoms in total. The van der Waals surface area contributed by atoms with Gasteiger partial charge >= 0.3 is 0 Å². The summed E-state index contributed by atoms with van der Waals surface area (Å²) in [6.45, 7) is 0.0590. The predicted octanol–water partition coefficient (Wildman–Crippen LogP) is 5.87. The zero-order chi connectivity index (χ0) is 28.3. The van der Waals surface area contributed by atoms with Crippen LogP contribution in [0.1, 0.15) is 55.4 Å². The van der Waals surface area contributed by atoms with E-state index >= 15 is 0 Å². The van der Waals surface area contributed by atoms with Gasteiger partial charge in [-0.05, 0) is 65.6 Å². The lowest BCUT2D eigenvalue weighted by Crippen LogP contribution is -2.46. The summed E-state index contributed by atoms with van der Waals surface area (Å²) in [6, 6.07) is 32.7. The molecule has 4 aromatic rings. The third-order valence-electron chi connectivity index (χ3n) is 8.30. The van der Waals surface area contributed by atoms with Crippen LogP contribution in [0, 0.1) is 5.92 Å². The average Bonchev–Trinajstić information content (AvgIpc) is 3.25. The van der Waals surface area contributed by atoms with E-state index in [1.54, 1.807) is 31.4 Å². The first-order valence-electron chi connectivity index (χ1n) is 14.0. The largest absolute Gasteiger partial charge is 0.496 e. The van der Waals surface area contributed by atoms with Crippen LogP contribution in [0.25, 0.3) is 0 Å². The number of hydrogen-bond donors (Lipinski definition) is 0. The molecule has 4 aromatic carbocycles. The second-order valence-corrected chi connectivity index (χ2v) is 10.7. The van der Waals surface area contributed by atoms with Gasteiger partial charge in [0.1, 0.15) is 12.3 Å². The number of para-hydroxylation sites is 1. The zero-order valence-electron chi connectivity index (χ0n) is 23.0. The lowest BCUT2D eigenvalue weighted by atomic mass is 9.76. The fourth-order valence-corrected chi connectivity index (χ4v) is 6.32. The van der Waals surface area contributed by atoms with Crippen molar-refractivity contribution < 1.29 is 19.1 Å². The molecule has 2 unspecified atom stereocenters. The highest BCUT2D eigenvalue weighted by Crippen LogP contribution is 2.42. The Morgan fingerprint density at radius 3 is 2.20 bits per heavy atom. The van der Waals surface area contributed by atoms with Crippen molar-refractivity contribution in [2.24, 2.45) is 5.92 Å². The molecular weight excluding hydrogens is 512 g/mol. The fraction of sp³-hybridized carbons (Fsp3) is 0.229. The van der Waals surface area contributed by atoms with Gasteiger partial charge in [-0.15, -0.1) is 0 Å². The van der Waals surface area contributed by atoms with Gasteiger partial charge < -0.3 is 9.64 Å². The number of aryl methyl sites for hydroxylation is 1. The molecule has 6 heteroatoms. The standard InChI is InChI=1S/C35H32N2O4/c1-41-31-18-10-6-14-26(31)21-27-20-19-25-13-5-7-15-28(25)33(27)36(22-24-11-3-2-4-12-24)32(38)23-37-34(39)29-16-8-9-17-30(29)35(37)40/h2-18,27,33H,19-23H2,1H3. The summed E-state index contributed by atoms with van der Waals surface area (Å²) in [5, 5.41) is 0. The Morgan fingerprint density at radius 1 is 0.829 bits per heavy atom. The summed E-state index contributed by atoms with van der Waals surface area (Å²) in [5.74, 6) is -0.162. The van der Waals surface area contributed by atoms with E-state index in [0.717, 1.165) is 46.6 Å². The van der Waals surface area contributed by atoms with Crippen molar-refractivity contribution in [1.29, 1.82) is 0 Å². The monoisotopic (exact) mass is 544 g/mol.